The van der Waals surface area contributed by atoms with Crippen molar-refractivity contribution in [2.24, 2.45) is 0 Å². The van der Waals surface area contributed by atoms with Gasteiger partial charge in [0.15, 0.2) is 4.34 Å². The summed E-state index contributed by atoms with van der Waals surface area (Å²) in [6, 6.07) is 4.06. The van der Waals surface area contributed by atoms with E-state index in [1.807, 2.05) is 23.3 Å². The molecule has 0 saturated heterocycles. The van der Waals surface area contributed by atoms with E-state index in [2.05, 4.69) is 21.6 Å². The zero-order valence-corrected chi connectivity index (χ0v) is 13.8. The van der Waals surface area contributed by atoms with Gasteiger partial charge in [0.05, 0.1) is 12.3 Å². The Kier molecular flexibility index (Phi) is 5.81. The molecule has 108 valence electrons. The van der Waals surface area contributed by atoms with Crippen molar-refractivity contribution in [3.63, 3.8) is 0 Å². The summed E-state index contributed by atoms with van der Waals surface area (Å²) in [5.41, 5.74) is 0. The van der Waals surface area contributed by atoms with Gasteiger partial charge in [0.1, 0.15) is 0 Å². The molecule has 20 heavy (non-hydrogen) atoms. The number of carbonyl (C=O) groups is 1. The number of hydrogen-bond acceptors (Lipinski definition) is 7. The molecule has 2 heterocycles. The molecule has 0 aliphatic rings. The predicted octanol–water partition coefficient (Wildman–Crippen LogP) is 2.78. The van der Waals surface area contributed by atoms with Gasteiger partial charge >= 0.3 is 0 Å². The van der Waals surface area contributed by atoms with Crippen LogP contribution in [0.15, 0.2) is 21.9 Å². The molecule has 5 nitrogen and oxygen atoms in total. The summed E-state index contributed by atoms with van der Waals surface area (Å²) in [7, 11) is 1.81. The number of amides is 1. The van der Waals surface area contributed by atoms with Gasteiger partial charge in [-0.2, -0.15) is 0 Å². The van der Waals surface area contributed by atoms with Crippen LogP contribution in [0.1, 0.15) is 11.8 Å². The second-order valence-corrected chi connectivity index (χ2v) is 7.13. The number of aromatic nitrogens is 2. The zero-order valence-electron chi connectivity index (χ0n) is 11.3. The summed E-state index contributed by atoms with van der Waals surface area (Å²) < 4.78 is 0.815. The highest BCUT2D eigenvalue weighted by Gasteiger charge is 2.14. The summed E-state index contributed by atoms with van der Waals surface area (Å²) in [4.78, 5) is 15.3. The molecule has 0 unspecified atom stereocenters. The van der Waals surface area contributed by atoms with Gasteiger partial charge in [0, 0.05) is 18.5 Å². The number of carbonyl (C=O) groups excluding carboxylic acids is 1. The Balaban J connectivity index is 1.85. The predicted molar refractivity (Wildman–Crippen MR) is 85.6 cm³/mol. The Bertz CT molecular complexity index is 541. The Morgan fingerprint density at radius 2 is 2.35 bits per heavy atom. The van der Waals surface area contributed by atoms with Gasteiger partial charge in [0.2, 0.25) is 11.0 Å². The molecule has 2 rings (SSSR count). The van der Waals surface area contributed by atoms with E-state index in [-0.39, 0.29) is 5.91 Å². The highest BCUT2D eigenvalue weighted by molar-refractivity contribution is 8.01. The fourth-order valence-electron chi connectivity index (χ4n) is 1.55. The number of rotatable bonds is 7. The van der Waals surface area contributed by atoms with E-state index in [1.54, 1.807) is 18.4 Å². The van der Waals surface area contributed by atoms with Gasteiger partial charge < -0.3 is 10.2 Å². The first kappa shape index (κ1) is 15.3. The van der Waals surface area contributed by atoms with Crippen molar-refractivity contribution in [1.82, 2.24) is 15.1 Å². The standard InChI is InChI=1S/C12H16N4OS3/c1-3-16(7-9-5-4-6-18-9)10(17)8-19-12-15-14-11(13-2)20-12/h4-6H,3,7-8H2,1-2H3,(H,13,14). The maximum atomic E-state index is 12.2. The normalized spacial score (nSPS) is 10.5. The molecule has 0 saturated carbocycles. The monoisotopic (exact) mass is 328 g/mol. The molecule has 0 spiro atoms. The molecule has 8 heteroatoms. The molecule has 0 aromatic carbocycles. The third-order valence-electron chi connectivity index (χ3n) is 2.60. The molecule has 2 aromatic rings. The molecule has 0 aliphatic carbocycles. The first-order valence-corrected chi connectivity index (χ1v) is 8.85. The van der Waals surface area contributed by atoms with Crippen molar-refractivity contribution < 1.29 is 4.79 Å². The molecule has 2 aromatic heterocycles. The van der Waals surface area contributed by atoms with Gasteiger partial charge in [-0.3, -0.25) is 4.79 Å². The topological polar surface area (TPSA) is 58.1 Å². The van der Waals surface area contributed by atoms with Crippen LogP contribution in [0, 0.1) is 0 Å². The van der Waals surface area contributed by atoms with E-state index >= 15 is 0 Å². The zero-order chi connectivity index (χ0) is 14.4. The van der Waals surface area contributed by atoms with Crippen molar-refractivity contribution in [2.45, 2.75) is 17.8 Å². The van der Waals surface area contributed by atoms with Gasteiger partial charge in [-0.05, 0) is 18.4 Å². The smallest absolute Gasteiger partial charge is 0.233 e. The fourth-order valence-corrected chi connectivity index (χ4v) is 3.88. The Labute approximate surface area is 130 Å². The van der Waals surface area contributed by atoms with Gasteiger partial charge in [-0.15, -0.1) is 21.5 Å². The van der Waals surface area contributed by atoms with Crippen LogP contribution in [0.2, 0.25) is 0 Å². The van der Waals surface area contributed by atoms with E-state index in [4.69, 9.17) is 0 Å². The number of nitrogens with zero attached hydrogens (tertiary/aromatic N) is 3. The van der Waals surface area contributed by atoms with E-state index in [0.29, 0.717) is 12.3 Å². The lowest BCUT2D eigenvalue weighted by Gasteiger charge is -2.19. The molecular weight excluding hydrogens is 312 g/mol. The van der Waals surface area contributed by atoms with Crippen LogP contribution in [-0.4, -0.2) is 40.3 Å². The minimum atomic E-state index is 0.132. The summed E-state index contributed by atoms with van der Waals surface area (Å²) in [6.07, 6.45) is 0. The van der Waals surface area contributed by atoms with Gasteiger partial charge in [0.25, 0.3) is 0 Å². The lowest BCUT2D eigenvalue weighted by molar-refractivity contribution is -0.128. The third-order valence-corrected chi connectivity index (χ3v) is 5.52. The van der Waals surface area contributed by atoms with Crippen LogP contribution in [0.3, 0.4) is 0 Å². The van der Waals surface area contributed by atoms with Crippen LogP contribution in [0.5, 0.6) is 0 Å². The second kappa shape index (κ2) is 7.61. The van der Waals surface area contributed by atoms with Gasteiger partial charge in [-0.1, -0.05) is 29.2 Å². The van der Waals surface area contributed by atoms with Crippen molar-refractivity contribution >= 4 is 45.5 Å². The largest absolute Gasteiger partial charge is 0.363 e. The van der Waals surface area contributed by atoms with E-state index in [1.165, 1.54) is 28.0 Å². The minimum absolute atomic E-state index is 0.132. The number of nitrogens with one attached hydrogen (secondary N) is 1. The van der Waals surface area contributed by atoms with E-state index in [0.717, 1.165) is 16.0 Å². The lowest BCUT2D eigenvalue weighted by atomic mass is 10.4. The Hall–Kier alpha value is -1.12. The number of anilines is 1. The van der Waals surface area contributed by atoms with Crippen LogP contribution in [-0.2, 0) is 11.3 Å². The number of thioether (sulfide) groups is 1. The second-order valence-electron chi connectivity index (χ2n) is 3.90. The minimum Gasteiger partial charge on any atom is -0.363 e. The van der Waals surface area contributed by atoms with Gasteiger partial charge in [-0.25, -0.2) is 0 Å². The molecule has 0 atom stereocenters. The maximum absolute atomic E-state index is 12.2. The first-order chi connectivity index (χ1) is 9.72. The Morgan fingerprint density at radius 3 is 2.95 bits per heavy atom. The summed E-state index contributed by atoms with van der Waals surface area (Å²) in [6.45, 7) is 3.40. The fraction of sp³-hybridized carbons (Fsp3) is 0.417. The van der Waals surface area contributed by atoms with E-state index in [9.17, 15) is 4.79 Å². The molecule has 1 N–H and O–H groups in total. The van der Waals surface area contributed by atoms with Crippen LogP contribution < -0.4 is 5.32 Å². The van der Waals surface area contributed by atoms with Crippen molar-refractivity contribution in [3.8, 4) is 0 Å². The highest BCUT2D eigenvalue weighted by Crippen LogP contribution is 2.25. The van der Waals surface area contributed by atoms with E-state index < -0.39 is 0 Å². The van der Waals surface area contributed by atoms with Crippen LogP contribution in [0.25, 0.3) is 0 Å². The molecular formula is C12H16N4OS3. The quantitative estimate of drug-likeness (QED) is 0.792. The summed E-state index contributed by atoms with van der Waals surface area (Å²) >= 11 is 4.57. The molecule has 0 fully saturated rings. The molecule has 1 amide bonds. The Morgan fingerprint density at radius 1 is 1.50 bits per heavy atom. The average Bonchev–Trinajstić information content (AvgIpc) is 3.13. The summed E-state index contributed by atoms with van der Waals surface area (Å²) in [5, 5.41) is 13.7. The first-order valence-electron chi connectivity index (χ1n) is 6.17. The summed E-state index contributed by atoms with van der Waals surface area (Å²) in [5.74, 6) is 0.532. The molecule has 0 radical (unpaired) electrons. The highest BCUT2D eigenvalue weighted by atomic mass is 32.2. The SMILES string of the molecule is CCN(Cc1cccs1)C(=O)CSc1nnc(NC)s1. The third kappa shape index (κ3) is 4.19. The average molecular weight is 328 g/mol. The van der Waals surface area contributed by atoms with Crippen molar-refractivity contribution in [1.29, 1.82) is 0 Å². The molecule has 0 aliphatic heterocycles. The lowest BCUT2D eigenvalue weighted by Crippen LogP contribution is -2.31. The number of hydrogen-bond donors (Lipinski definition) is 1. The van der Waals surface area contributed by atoms with Crippen LogP contribution in [0.4, 0.5) is 5.13 Å². The van der Waals surface area contributed by atoms with Crippen molar-refractivity contribution in [2.75, 3.05) is 24.7 Å². The van der Waals surface area contributed by atoms with Crippen LogP contribution >= 0.6 is 34.4 Å². The molecule has 0 bridgehead atoms. The van der Waals surface area contributed by atoms with Crippen molar-refractivity contribution in [3.05, 3.63) is 22.4 Å². The number of thiophene rings is 1. The maximum Gasteiger partial charge on any atom is 0.233 e.